The number of piperidine rings is 1. The lowest BCUT2D eigenvalue weighted by molar-refractivity contribution is 0.0992. The molecule has 3 heterocycles. The van der Waals surface area contributed by atoms with Crippen molar-refractivity contribution in [3.63, 3.8) is 0 Å². The minimum absolute atomic E-state index is 0.0601. The highest BCUT2D eigenvalue weighted by atomic mass is 32.1. The highest BCUT2D eigenvalue weighted by Gasteiger charge is 2.17. The summed E-state index contributed by atoms with van der Waals surface area (Å²) in [6, 6.07) is 14.1. The molecule has 4 aromatic rings. The Morgan fingerprint density at radius 2 is 1.94 bits per heavy atom. The van der Waals surface area contributed by atoms with E-state index in [4.69, 9.17) is 10.5 Å². The molecule has 180 valence electrons. The number of aryl methyl sites for hydroxylation is 1. The summed E-state index contributed by atoms with van der Waals surface area (Å²) in [7, 11) is 0. The fourth-order valence-electron chi connectivity index (χ4n) is 4.70. The van der Waals surface area contributed by atoms with Gasteiger partial charge in [0.1, 0.15) is 16.1 Å². The predicted molar refractivity (Wildman–Crippen MR) is 144 cm³/mol. The average Bonchev–Trinajstić information content (AvgIpc) is 3.25. The van der Waals surface area contributed by atoms with Crippen molar-refractivity contribution in [2.45, 2.75) is 39.5 Å². The number of Topliss-reactive ketones (excluding diaryl/α,β-unsaturated/α-hetero) is 1. The number of carbonyl (C=O) groups is 1. The minimum atomic E-state index is 0.0601. The number of nitrogen functional groups attached to an aromatic ring is 1. The van der Waals surface area contributed by atoms with Gasteiger partial charge in [-0.05, 0) is 62.4 Å². The zero-order valence-electron chi connectivity index (χ0n) is 20.2. The molecule has 1 aliphatic heterocycles. The van der Waals surface area contributed by atoms with E-state index in [2.05, 4.69) is 27.0 Å². The number of ether oxygens (including phenoxy) is 1. The molecule has 2 aromatic carbocycles. The Morgan fingerprint density at radius 3 is 2.74 bits per heavy atom. The summed E-state index contributed by atoms with van der Waals surface area (Å²) in [6.07, 6.45) is 5.85. The Labute approximate surface area is 209 Å². The first-order valence-corrected chi connectivity index (χ1v) is 13.0. The molecule has 0 saturated carbocycles. The van der Waals surface area contributed by atoms with E-state index >= 15 is 0 Å². The number of fused-ring (bicyclic) bond motifs is 1. The monoisotopic (exact) mass is 486 g/mol. The summed E-state index contributed by atoms with van der Waals surface area (Å²) in [5.74, 6) is 0.858. The Kier molecular flexibility index (Phi) is 6.68. The first kappa shape index (κ1) is 23.3. The summed E-state index contributed by atoms with van der Waals surface area (Å²) in [5, 5.41) is 0.502. The molecule has 5 rings (SSSR count). The molecular weight excluding hydrogens is 456 g/mol. The number of aromatic nitrogens is 2. The maximum atomic E-state index is 13.4. The molecule has 2 aromatic heterocycles. The molecule has 0 bridgehead atoms. The molecular formula is C28H30N4O2S. The van der Waals surface area contributed by atoms with Crippen LogP contribution in [0.2, 0.25) is 0 Å². The molecule has 0 aliphatic carbocycles. The summed E-state index contributed by atoms with van der Waals surface area (Å²) in [5.41, 5.74) is 12.4. The van der Waals surface area contributed by atoms with Crippen LogP contribution in [-0.2, 0) is 6.42 Å². The number of benzene rings is 2. The Morgan fingerprint density at radius 1 is 1.11 bits per heavy atom. The van der Waals surface area contributed by atoms with Crippen molar-refractivity contribution < 1.29 is 9.53 Å². The van der Waals surface area contributed by atoms with Gasteiger partial charge in [-0.25, -0.2) is 9.97 Å². The smallest absolute Gasteiger partial charge is 0.182 e. The van der Waals surface area contributed by atoms with Crippen molar-refractivity contribution in [3.8, 4) is 16.9 Å². The normalized spacial score (nSPS) is 13.8. The molecule has 1 saturated heterocycles. The van der Waals surface area contributed by atoms with E-state index in [0.717, 1.165) is 51.4 Å². The van der Waals surface area contributed by atoms with Gasteiger partial charge < -0.3 is 15.4 Å². The number of pyridine rings is 1. The lowest BCUT2D eigenvalue weighted by Crippen LogP contribution is -2.29. The summed E-state index contributed by atoms with van der Waals surface area (Å²) >= 11 is 1.37. The third-order valence-corrected chi connectivity index (χ3v) is 7.37. The van der Waals surface area contributed by atoms with Gasteiger partial charge in [0.2, 0.25) is 0 Å². The van der Waals surface area contributed by atoms with Gasteiger partial charge in [-0.2, -0.15) is 0 Å². The van der Waals surface area contributed by atoms with Gasteiger partial charge >= 0.3 is 0 Å². The second-order valence-electron chi connectivity index (χ2n) is 9.00. The fourth-order valence-corrected chi connectivity index (χ4v) is 5.35. The Balaban J connectivity index is 1.41. The third kappa shape index (κ3) is 5.00. The number of hydrogen-bond acceptors (Lipinski definition) is 7. The van der Waals surface area contributed by atoms with E-state index in [1.807, 2.05) is 50.4 Å². The van der Waals surface area contributed by atoms with E-state index in [9.17, 15) is 4.79 Å². The average molecular weight is 487 g/mol. The van der Waals surface area contributed by atoms with Crippen molar-refractivity contribution >= 4 is 38.3 Å². The summed E-state index contributed by atoms with van der Waals surface area (Å²) in [6.45, 7) is 6.73. The van der Waals surface area contributed by atoms with Crippen LogP contribution in [0.25, 0.3) is 21.5 Å². The summed E-state index contributed by atoms with van der Waals surface area (Å²) in [4.78, 5) is 25.4. The highest BCUT2D eigenvalue weighted by molar-refractivity contribution is 7.21. The van der Waals surface area contributed by atoms with Crippen LogP contribution in [0.4, 0.5) is 10.8 Å². The van der Waals surface area contributed by atoms with Crippen LogP contribution in [0.15, 0.2) is 48.7 Å². The summed E-state index contributed by atoms with van der Waals surface area (Å²) < 4.78 is 5.96. The van der Waals surface area contributed by atoms with Crippen LogP contribution >= 0.6 is 11.3 Å². The van der Waals surface area contributed by atoms with E-state index < -0.39 is 0 Å². The Bertz CT molecular complexity index is 1370. The Hall–Kier alpha value is -3.45. The van der Waals surface area contributed by atoms with Crippen molar-refractivity contribution in [1.82, 2.24) is 9.97 Å². The van der Waals surface area contributed by atoms with Crippen molar-refractivity contribution in [2.24, 2.45) is 0 Å². The molecule has 1 aliphatic rings. The van der Waals surface area contributed by atoms with Gasteiger partial charge in [-0.1, -0.05) is 29.5 Å². The van der Waals surface area contributed by atoms with Crippen LogP contribution in [0.3, 0.4) is 0 Å². The molecule has 1 fully saturated rings. The lowest BCUT2D eigenvalue weighted by Gasteiger charge is -2.29. The van der Waals surface area contributed by atoms with Crippen LogP contribution in [-0.4, -0.2) is 35.4 Å². The standard InChI is InChI=1S/C28H30N4O2S/c1-3-34-26-16-22(32-11-5-4-6-12-32)10-9-20(26)15-25(33)19-8-7-18(2)23(13-19)21-14-24-27(30-17-21)35-28(29)31-24/h7-10,13-14,16-17H,3-6,11-12,15H2,1-2H3,(H2,29,31). The van der Waals surface area contributed by atoms with Crippen LogP contribution in [0.5, 0.6) is 5.75 Å². The number of anilines is 2. The molecule has 6 nitrogen and oxygen atoms in total. The van der Waals surface area contributed by atoms with E-state index in [1.54, 1.807) is 0 Å². The number of nitrogens with two attached hydrogens (primary N) is 1. The number of nitrogens with zero attached hydrogens (tertiary/aromatic N) is 3. The van der Waals surface area contributed by atoms with Crippen molar-refractivity contribution in [2.75, 3.05) is 30.3 Å². The van der Waals surface area contributed by atoms with Gasteiger partial charge in [0.25, 0.3) is 0 Å². The highest BCUT2D eigenvalue weighted by Crippen LogP contribution is 2.31. The van der Waals surface area contributed by atoms with Gasteiger partial charge in [-0.3, -0.25) is 4.79 Å². The van der Waals surface area contributed by atoms with Gasteiger partial charge in [0, 0.05) is 54.2 Å². The SMILES string of the molecule is CCOc1cc(N2CCCCC2)ccc1CC(=O)c1ccc(C)c(-c2cnc3sc(N)nc3c2)c1. The van der Waals surface area contributed by atoms with E-state index in [1.165, 1.54) is 36.3 Å². The number of thiazole rings is 1. The second kappa shape index (κ2) is 10.0. The zero-order chi connectivity index (χ0) is 24.4. The number of hydrogen-bond donors (Lipinski definition) is 1. The molecule has 2 N–H and O–H groups in total. The van der Waals surface area contributed by atoms with Gasteiger partial charge in [0.15, 0.2) is 10.9 Å². The topological polar surface area (TPSA) is 81.3 Å². The number of ketones is 1. The maximum Gasteiger partial charge on any atom is 0.182 e. The maximum absolute atomic E-state index is 13.4. The number of rotatable bonds is 7. The molecule has 7 heteroatoms. The molecule has 0 radical (unpaired) electrons. The molecule has 0 unspecified atom stereocenters. The number of carbonyl (C=O) groups excluding carboxylic acids is 1. The van der Waals surface area contributed by atoms with Crippen LogP contribution in [0.1, 0.15) is 47.7 Å². The van der Waals surface area contributed by atoms with Gasteiger partial charge in [0.05, 0.1) is 6.61 Å². The van der Waals surface area contributed by atoms with E-state index in [-0.39, 0.29) is 12.2 Å². The largest absolute Gasteiger partial charge is 0.494 e. The lowest BCUT2D eigenvalue weighted by atomic mass is 9.95. The van der Waals surface area contributed by atoms with Crippen molar-refractivity contribution in [3.05, 3.63) is 65.4 Å². The molecule has 0 amide bonds. The van der Waals surface area contributed by atoms with E-state index in [0.29, 0.717) is 17.3 Å². The second-order valence-corrected chi connectivity index (χ2v) is 10.0. The molecule has 35 heavy (non-hydrogen) atoms. The third-order valence-electron chi connectivity index (χ3n) is 6.56. The molecule has 0 atom stereocenters. The quantitative estimate of drug-likeness (QED) is 0.320. The van der Waals surface area contributed by atoms with Gasteiger partial charge in [-0.15, -0.1) is 0 Å². The minimum Gasteiger partial charge on any atom is -0.494 e. The fraction of sp³-hybridized carbons (Fsp3) is 0.321. The first-order chi connectivity index (χ1) is 17.0. The first-order valence-electron chi connectivity index (χ1n) is 12.2. The zero-order valence-corrected chi connectivity index (χ0v) is 21.0. The molecule has 0 spiro atoms. The van der Waals surface area contributed by atoms with Crippen LogP contribution in [0, 0.1) is 6.92 Å². The predicted octanol–water partition coefficient (Wildman–Crippen LogP) is 6.06. The van der Waals surface area contributed by atoms with Crippen LogP contribution < -0.4 is 15.4 Å². The van der Waals surface area contributed by atoms with Crippen molar-refractivity contribution in [1.29, 1.82) is 0 Å².